The quantitative estimate of drug-likeness (QED) is 0.590. The zero-order valence-corrected chi connectivity index (χ0v) is 18.1. The highest BCUT2D eigenvalue weighted by Gasteiger charge is 2.42. The summed E-state index contributed by atoms with van der Waals surface area (Å²) < 4.78 is 35.1. The number of imidazole rings is 1. The van der Waals surface area contributed by atoms with Crippen molar-refractivity contribution >= 4 is 17.0 Å². The summed E-state index contributed by atoms with van der Waals surface area (Å²) in [5, 5.41) is 7.17. The molecule has 0 spiro atoms. The van der Waals surface area contributed by atoms with E-state index in [1.165, 1.54) is 6.42 Å². The smallest absolute Gasteiger partial charge is 0.365 e. The Morgan fingerprint density at radius 3 is 2.78 bits per heavy atom. The number of aromatic amines is 1. The van der Waals surface area contributed by atoms with Crippen molar-refractivity contribution in [2.75, 3.05) is 5.32 Å². The third kappa shape index (κ3) is 3.88. The standard InChI is InChI=1S/C21H27F2N7O2/c1-11-6-7-13(8-21(11,22)23)9-30-10-24-16-15(30)17(25-12(2)14-4-3-5-14)27-18(26-16)19-28-20(31)32-29-19/h10-14H,3-9H2,1-2H3,(H,25,26,27)(H,28,29,31)/t11-,12+,13-/m0/s1. The van der Waals surface area contributed by atoms with Crippen molar-refractivity contribution in [3.8, 4) is 11.6 Å². The number of fused-ring (bicyclic) bond motifs is 1. The lowest BCUT2D eigenvalue weighted by Gasteiger charge is -2.34. The van der Waals surface area contributed by atoms with E-state index in [1.807, 2.05) is 4.57 Å². The molecule has 2 aliphatic carbocycles. The summed E-state index contributed by atoms with van der Waals surface area (Å²) in [6.45, 7) is 4.16. The Hall–Kier alpha value is -2.85. The first-order chi connectivity index (χ1) is 15.3. The van der Waals surface area contributed by atoms with Gasteiger partial charge >= 0.3 is 5.76 Å². The third-order valence-electron chi connectivity index (χ3n) is 7.09. The van der Waals surface area contributed by atoms with E-state index in [2.05, 4.69) is 41.9 Å². The van der Waals surface area contributed by atoms with Crippen LogP contribution in [0.1, 0.15) is 52.4 Å². The number of aromatic nitrogens is 6. The zero-order valence-electron chi connectivity index (χ0n) is 18.1. The summed E-state index contributed by atoms with van der Waals surface area (Å²) in [6, 6.07) is 0.175. The first-order valence-corrected chi connectivity index (χ1v) is 11.2. The Kier molecular flexibility index (Phi) is 5.21. The first-order valence-electron chi connectivity index (χ1n) is 11.2. The molecule has 2 saturated carbocycles. The molecule has 2 fully saturated rings. The number of halogens is 2. The van der Waals surface area contributed by atoms with Crippen LogP contribution in [-0.4, -0.2) is 41.6 Å². The van der Waals surface area contributed by atoms with E-state index in [-0.39, 0.29) is 30.0 Å². The van der Waals surface area contributed by atoms with Gasteiger partial charge in [-0.05, 0) is 44.4 Å². The maximum absolute atomic E-state index is 14.3. The lowest BCUT2D eigenvalue weighted by Crippen LogP contribution is -2.35. The molecule has 9 nitrogen and oxygen atoms in total. The number of nitrogens with one attached hydrogen (secondary N) is 2. The molecular formula is C21H27F2N7O2. The molecule has 0 bridgehead atoms. The van der Waals surface area contributed by atoms with E-state index >= 15 is 0 Å². The summed E-state index contributed by atoms with van der Waals surface area (Å²) in [5.41, 5.74) is 1.09. The Balaban J connectivity index is 1.50. The van der Waals surface area contributed by atoms with E-state index in [0.29, 0.717) is 35.9 Å². The number of alkyl halides is 2. The van der Waals surface area contributed by atoms with Crippen LogP contribution in [0, 0.1) is 17.8 Å². The van der Waals surface area contributed by atoms with Gasteiger partial charge < -0.3 is 9.88 Å². The molecular weight excluding hydrogens is 420 g/mol. The van der Waals surface area contributed by atoms with Gasteiger partial charge in [0.2, 0.25) is 11.6 Å². The van der Waals surface area contributed by atoms with Crippen LogP contribution in [0.5, 0.6) is 0 Å². The number of hydrogen-bond acceptors (Lipinski definition) is 7. The Morgan fingerprint density at radius 2 is 2.12 bits per heavy atom. The first kappa shape index (κ1) is 21.0. The maximum atomic E-state index is 14.3. The largest absolute Gasteiger partial charge is 0.439 e. The van der Waals surface area contributed by atoms with Gasteiger partial charge in [0.05, 0.1) is 6.33 Å². The van der Waals surface area contributed by atoms with Gasteiger partial charge in [-0.3, -0.25) is 9.51 Å². The molecule has 0 saturated heterocycles. The average molecular weight is 447 g/mol. The third-order valence-corrected chi connectivity index (χ3v) is 7.09. The molecule has 3 atom stereocenters. The van der Waals surface area contributed by atoms with Crippen LogP contribution in [-0.2, 0) is 6.54 Å². The topological polar surface area (TPSA) is 115 Å². The molecule has 3 heterocycles. The van der Waals surface area contributed by atoms with Crippen molar-refractivity contribution in [3.05, 3.63) is 16.9 Å². The second-order valence-electron chi connectivity index (χ2n) is 9.34. The van der Waals surface area contributed by atoms with Crippen LogP contribution >= 0.6 is 0 Å². The van der Waals surface area contributed by atoms with Gasteiger partial charge in [0.15, 0.2) is 11.5 Å². The predicted molar refractivity (Wildman–Crippen MR) is 113 cm³/mol. The second kappa shape index (κ2) is 7.93. The fraction of sp³-hybridized carbons (Fsp3) is 0.667. The Labute approximate surface area is 183 Å². The highest BCUT2D eigenvalue weighted by molar-refractivity contribution is 5.85. The van der Waals surface area contributed by atoms with Crippen molar-refractivity contribution in [2.24, 2.45) is 17.8 Å². The maximum Gasteiger partial charge on any atom is 0.439 e. The summed E-state index contributed by atoms with van der Waals surface area (Å²) in [6.07, 6.45) is 6.28. The molecule has 0 aliphatic heterocycles. The molecule has 0 aromatic carbocycles. The number of rotatable bonds is 6. The van der Waals surface area contributed by atoms with Gasteiger partial charge in [-0.25, -0.2) is 28.5 Å². The van der Waals surface area contributed by atoms with Crippen LogP contribution in [0.4, 0.5) is 14.6 Å². The van der Waals surface area contributed by atoms with E-state index in [0.717, 1.165) is 19.3 Å². The number of hydrogen-bond donors (Lipinski definition) is 2. The molecule has 2 aliphatic rings. The number of anilines is 1. The normalized spacial score (nSPS) is 24.4. The molecule has 3 aromatic rings. The minimum atomic E-state index is -2.65. The molecule has 11 heteroatoms. The molecule has 32 heavy (non-hydrogen) atoms. The molecule has 0 unspecified atom stereocenters. The van der Waals surface area contributed by atoms with E-state index in [1.54, 1.807) is 13.3 Å². The van der Waals surface area contributed by atoms with E-state index in [9.17, 15) is 13.6 Å². The minimum absolute atomic E-state index is 0.117. The van der Waals surface area contributed by atoms with Gasteiger partial charge in [-0.2, -0.15) is 0 Å². The second-order valence-corrected chi connectivity index (χ2v) is 9.34. The molecule has 0 amide bonds. The lowest BCUT2D eigenvalue weighted by atomic mass is 9.80. The highest BCUT2D eigenvalue weighted by Crippen LogP contribution is 2.42. The Bertz CT molecular complexity index is 1170. The van der Waals surface area contributed by atoms with Crippen molar-refractivity contribution in [2.45, 2.75) is 70.9 Å². The van der Waals surface area contributed by atoms with Crippen molar-refractivity contribution < 1.29 is 13.3 Å². The summed E-state index contributed by atoms with van der Waals surface area (Å²) >= 11 is 0. The average Bonchev–Trinajstić information content (AvgIpc) is 3.29. The van der Waals surface area contributed by atoms with Gasteiger partial charge in [0.1, 0.15) is 5.52 Å². The van der Waals surface area contributed by atoms with Crippen LogP contribution in [0.15, 0.2) is 15.6 Å². The molecule has 2 N–H and O–H groups in total. The van der Waals surface area contributed by atoms with E-state index in [4.69, 9.17) is 0 Å². The summed E-state index contributed by atoms with van der Waals surface area (Å²) in [7, 11) is 0. The lowest BCUT2D eigenvalue weighted by molar-refractivity contribution is -0.0970. The minimum Gasteiger partial charge on any atom is -0.365 e. The molecule has 172 valence electrons. The van der Waals surface area contributed by atoms with Gasteiger partial charge in [-0.1, -0.05) is 18.5 Å². The molecule has 5 rings (SSSR count). The van der Waals surface area contributed by atoms with Crippen LogP contribution in [0.2, 0.25) is 0 Å². The summed E-state index contributed by atoms with van der Waals surface area (Å²) in [5.74, 6) is -2.68. The Morgan fingerprint density at radius 1 is 1.31 bits per heavy atom. The fourth-order valence-electron chi connectivity index (χ4n) is 4.74. The SMILES string of the molecule is C[C@@H](Nc1nc(-c2noc(=O)[nH]2)nc2ncn(C[C@H]3CC[C@H](C)C(F)(F)C3)c12)C1CCC1. The highest BCUT2D eigenvalue weighted by atomic mass is 19.3. The van der Waals surface area contributed by atoms with Crippen molar-refractivity contribution in [3.63, 3.8) is 0 Å². The van der Waals surface area contributed by atoms with Crippen LogP contribution in [0.3, 0.4) is 0 Å². The van der Waals surface area contributed by atoms with Gasteiger partial charge in [0.25, 0.3) is 5.92 Å². The van der Waals surface area contributed by atoms with Crippen LogP contribution < -0.4 is 11.1 Å². The van der Waals surface area contributed by atoms with Gasteiger partial charge in [-0.15, -0.1) is 0 Å². The van der Waals surface area contributed by atoms with E-state index < -0.39 is 17.6 Å². The number of H-pyrrole nitrogens is 1. The molecule has 0 radical (unpaired) electrons. The summed E-state index contributed by atoms with van der Waals surface area (Å²) in [4.78, 5) is 27.3. The van der Waals surface area contributed by atoms with Crippen molar-refractivity contribution in [1.82, 2.24) is 29.7 Å². The zero-order chi connectivity index (χ0) is 22.5. The monoisotopic (exact) mass is 447 g/mol. The fourth-order valence-corrected chi connectivity index (χ4v) is 4.74. The van der Waals surface area contributed by atoms with Crippen molar-refractivity contribution in [1.29, 1.82) is 0 Å². The van der Waals surface area contributed by atoms with Crippen LogP contribution in [0.25, 0.3) is 22.8 Å². The number of nitrogens with zero attached hydrogens (tertiary/aromatic N) is 5. The predicted octanol–water partition coefficient (Wildman–Crippen LogP) is 3.84. The molecule has 3 aromatic heterocycles. The van der Waals surface area contributed by atoms with Gasteiger partial charge in [0, 0.05) is 24.9 Å².